The normalized spacial score (nSPS) is 15.6. The van der Waals surface area contributed by atoms with E-state index in [0.717, 1.165) is 0 Å². The Hall–Kier alpha value is -1.53. The highest BCUT2D eigenvalue weighted by Gasteiger charge is 2.42. The van der Waals surface area contributed by atoms with Gasteiger partial charge in [0.25, 0.3) is 0 Å². The molecule has 0 fully saturated rings. The number of hydrogen-bond donors (Lipinski definition) is 0. The molecule has 0 aliphatic rings. The van der Waals surface area contributed by atoms with E-state index in [1.54, 1.807) is 13.8 Å². The standard InChI is InChI=1S/C14H23F2N3O2/c1-12(2,11(20)21-6)7-10-8-19(18-17-10)9-14(5,16)13(3,4)15/h8H,7,9H2,1-6H3. The first-order valence-corrected chi connectivity index (χ1v) is 6.74. The smallest absolute Gasteiger partial charge is 0.311 e. The number of nitrogens with zero attached hydrogens (tertiary/aromatic N) is 3. The topological polar surface area (TPSA) is 57.0 Å². The van der Waals surface area contributed by atoms with Crippen molar-refractivity contribution in [1.29, 1.82) is 0 Å². The molecule has 0 saturated heterocycles. The minimum Gasteiger partial charge on any atom is -0.469 e. The summed E-state index contributed by atoms with van der Waals surface area (Å²) in [7, 11) is 1.32. The van der Waals surface area contributed by atoms with Crippen molar-refractivity contribution in [1.82, 2.24) is 15.0 Å². The van der Waals surface area contributed by atoms with Crippen molar-refractivity contribution in [3.63, 3.8) is 0 Å². The highest BCUT2D eigenvalue weighted by Crippen LogP contribution is 2.31. The van der Waals surface area contributed by atoms with Crippen molar-refractivity contribution < 1.29 is 18.3 Å². The molecule has 1 heterocycles. The van der Waals surface area contributed by atoms with E-state index in [1.165, 1.54) is 38.8 Å². The molecule has 1 rings (SSSR count). The quantitative estimate of drug-likeness (QED) is 0.758. The Kier molecular flexibility index (Phi) is 4.75. The summed E-state index contributed by atoms with van der Waals surface area (Å²) in [4.78, 5) is 11.6. The summed E-state index contributed by atoms with van der Waals surface area (Å²) < 4.78 is 34.0. The molecule has 0 radical (unpaired) electrons. The molecule has 1 aromatic heterocycles. The molecule has 7 heteroatoms. The number of rotatable bonds is 6. The fraction of sp³-hybridized carbons (Fsp3) is 0.786. The summed E-state index contributed by atoms with van der Waals surface area (Å²) >= 11 is 0. The van der Waals surface area contributed by atoms with E-state index in [0.29, 0.717) is 12.1 Å². The van der Waals surface area contributed by atoms with Crippen LogP contribution in [0.15, 0.2) is 6.20 Å². The third-order valence-corrected chi connectivity index (χ3v) is 3.65. The summed E-state index contributed by atoms with van der Waals surface area (Å²) in [6.07, 6.45) is 1.83. The monoisotopic (exact) mass is 303 g/mol. The second kappa shape index (κ2) is 5.69. The van der Waals surface area contributed by atoms with Gasteiger partial charge in [-0.1, -0.05) is 5.21 Å². The van der Waals surface area contributed by atoms with E-state index in [1.807, 2.05) is 0 Å². The fourth-order valence-electron chi connectivity index (χ4n) is 1.79. The molecule has 1 unspecified atom stereocenters. The number of esters is 1. The Bertz CT molecular complexity index is 505. The first-order valence-electron chi connectivity index (χ1n) is 6.74. The second-order valence-electron chi connectivity index (χ2n) is 6.63. The fourth-order valence-corrected chi connectivity index (χ4v) is 1.79. The van der Waals surface area contributed by atoms with Gasteiger partial charge in [-0.15, -0.1) is 5.10 Å². The maximum atomic E-state index is 14.3. The molecule has 0 aliphatic carbocycles. The Balaban J connectivity index is 2.81. The van der Waals surface area contributed by atoms with E-state index in [-0.39, 0.29) is 12.5 Å². The molecule has 5 nitrogen and oxygen atoms in total. The largest absolute Gasteiger partial charge is 0.469 e. The van der Waals surface area contributed by atoms with Gasteiger partial charge >= 0.3 is 5.97 Å². The van der Waals surface area contributed by atoms with Gasteiger partial charge in [0.1, 0.15) is 5.67 Å². The van der Waals surface area contributed by atoms with Gasteiger partial charge in [0, 0.05) is 12.6 Å². The summed E-state index contributed by atoms with van der Waals surface area (Å²) in [5, 5.41) is 7.69. The van der Waals surface area contributed by atoms with Crippen molar-refractivity contribution in [2.45, 2.75) is 58.9 Å². The van der Waals surface area contributed by atoms with Crippen LogP contribution in [-0.4, -0.2) is 39.4 Å². The second-order valence-corrected chi connectivity index (χ2v) is 6.63. The molecule has 1 atom stereocenters. The van der Waals surface area contributed by atoms with E-state index in [4.69, 9.17) is 4.74 Å². The molecule has 1 aromatic rings. The van der Waals surface area contributed by atoms with Crippen LogP contribution >= 0.6 is 0 Å². The van der Waals surface area contributed by atoms with E-state index < -0.39 is 16.8 Å². The maximum Gasteiger partial charge on any atom is 0.311 e. The van der Waals surface area contributed by atoms with Crippen LogP contribution in [0.1, 0.15) is 40.3 Å². The van der Waals surface area contributed by atoms with Crippen LogP contribution in [0.5, 0.6) is 0 Å². The minimum absolute atomic E-state index is 0.248. The van der Waals surface area contributed by atoms with Gasteiger partial charge in [-0.25, -0.2) is 13.5 Å². The highest BCUT2D eigenvalue weighted by atomic mass is 19.2. The van der Waals surface area contributed by atoms with E-state index >= 15 is 0 Å². The third kappa shape index (κ3) is 4.22. The molecule has 0 aliphatic heterocycles. The van der Waals surface area contributed by atoms with Crippen LogP contribution in [0, 0.1) is 5.41 Å². The summed E-state index contributed by atoms with van der Waals surface area (Å²) in [6.45, 7) is 6.76. The number of ether oxygens (including phenoxy) is 1. The minimum atomic E-state index is -2.07. The lowest BCUT2D eigenvalue weighted by molar-refractivity contribution is -0.150. The van der Waals surface area contributed by atoms with Crippen molar-refractivity contribution >= 4 is 5.97 Å². The molecule has 0 aromatic carbocycles. The zero-order chi connectivity index (χ0) is 16.5. The maximum absolute atomic E-state index is 14.3. The lowest BCUT2D eigenvalue weighted by Gasteiger charge is -2.30. The van der Waals surface area contributed by atoms with E-state index in [2.05, 4.69) is 10.3 Å². The van der Waals surface area contributed by atoms with Crippen LogP contribution in [-0.2, 0) is 22.5 Å². The number of hydrogen-bond acceptors (Lipinski definition) is 4. The Morgan fingerprint density at radius 1 is 1.29 bits per heavy atom. The molecule has 0 N–H and O–H groups in total. The van der Waals surface area contributed by atoms with Crippen molar-refractivity contribution in [2.24, 2.45) is 5.41 Å². The van der Waals surface area contributed by atoms with E-state index in [9.17, 15) is 13.6 Å². The Morgan fingerprint density at radius 2 is 1.86 bits per heavy atom. The van der Waals surface area contributed by atoms with Gasteiger partial charge in [-0.05, 0) is 34.6 Å². The summed E-state index contributed by atoms with van der Waals surface area (Å²) in [6, 6.07) is 0. The Labute approximate surface area is 123 Å². The molecule has 0 saturated carbocycles. The number of alkyl halides is 2. The lowest BCUT2D eigenvalue weighted by atomic mass is 9.88. The molecular weight excluding hydrogens is 280 g/mol. The summed E-state index contributed by atoms with van der Waals surface area (Å²) in [5.41, 5.74) is -4.30. The molecule has 0 bridgehead atoms. The van der Waals surface area contributed by atoms with Gasteiger partial charge in [0.15, 0.2) is 5.67 Å². The van der Waals surface area contributed by atoms with Crippen LogP contribution in [0.4, 0.5) is 8.78 Å². The number of carbonyl (C=O) groups excluding carboxylic acids is 1. The van der Waals surface area contributed by atoms with Crippen molar-refractivity contribution in [2.75, 3.05) is 7.11 Å². The molecule has 0 amide bonds. The van der Waals surface area contributed by atoms with Gasteiger partial charge in [-0.3, -0.25) is 4.79 Å². The summed E-state index contributed by atoms with van der Waals surface area (Å²) in [5.74, 6) is -0.364. The first-order chi connectivity index (χ1) is 9.39. The van der Waals surface area contributed by atoms with Crippen LogP contribution in [0.2, 0.25) is 0 Å². The average Bonchev–Trinajstić information content (AvgIpc) is 2.72. The Morgan fingerprint density at radius 3 is 2.33 bits per heavy atom. The van der Waals surface area contributed by atoms with Gasteiger partial charge in [0.05, 0.1) is 24.8 Å². The zero-order valence-electron chi connectivity index (χ0n) is 13.4. The van der Waals surface area contributed by atoms with Gasteiger partial charge in [-0.2, -0.15) is 0 Å². The molecule has 120 valence electrons. The zero-order valence-corrected chi connectivity index (χ0v) is 13.4. The number of aromatic nitrogens is 3. The first kappa shape index (κ1) is 17.5. The predicted octanol–water partition coefficient (Wildman–Crippen LogP) is 2.50. The molecule has 0 spiro atoms. The highest BCUT2D eigenvalue weighted by molar-refractivity contribution is 5.76. The number of carbonyl (C=O) groups is 1. The third-order valence-electron chi connectivity index (χ3n) is 3.65. The van der Waals surface area contributed by atoms with Gasteiger partial charge < -0.3 is 4.74 Å². The lowest BCUT2D eigenvalue weighted by Crippen LogP contribution is -2.43. The van der Waals surface area contributed by atoms with Crippen molar-refractivity contribution in [3.05, 3.63) is 11.9 Å². The number of methoxy groups -OCH3 is 1. The number of halogens is 2. The van der Waals surface area contributed by atoms with Crippen LogP contribution in [0.25, 0.3) is 0 Å². The predicted molar refractivity (Wildman–Crippen MR) is 74.2 cm³/mol. The van der Waals surface area contributed by atoms with Crippen molar-refractivity contribution in [3.8, 4) is 0 Å². The molecule has 21 heavy (non-hydrogen) atoms. The SMILES string of the molecule is COC(=O)C(C)(C)Cc1cn(CC(C)(F)C(C)(C)F)nn1. The van der Waals surface area contributed by atoms with Crippen LogP contribution in [0.3, 0.4) is 0 Å². The molecular formula is C14H23F2N3O2. The van der Waals surface area contributed by atoms with Crippen LogP contribution < -0.4 is 0 Å². The van der Waals surface area contributed by atoms with Gasteiger partial charge in [0.2, 0.25) is 0 Å². The average molecular weight is 303 g/mol.